The summed E-state index contributed by atoms with van der Waals surface area (Å²) in [4.78, 5) is 0. The molecule has 1 aliphatic rings. The van der Waals surface area contributed by atoms with Gasteiger partial charge in [-0.2, -0.15) is 0 Å². The van der Waals surface area contributed by atoms with E-state index in [0.717, 1.165) is 12.8 Å². The normalized spacial score (nSPS) is 23.4. The SMILES string of the molecule is CC[C@@H](NC[C@@H]1CCCS1(=O)=O)c1ccccc1F. The molecule has 19 heavy (non-hydrogen) atoms. The molecule has 0 unspecified atom stereocenters. The smallest absolute Gasteiger partial charge is 0.154 e. The van der Waals surface area contributed by atoms with Gasteiger partial charge in [0.15, 0.2) is 9.84 Å². The fourth-order valence-corrected chi connectivity index (χ4v) is 4.37. The van der Waals surface area contributed by atoms with Crippen molar-refractivity contribution in [2.75, 3.05) is 12.3 Å². The van der Waals surface area contributed by atoms with E-state index in [9.17, 15) is 12.8 Å². The largest absolute Gasteiger partial charge is 0.309 e. The molecule has 0 aliphatic carbocycles. The standard InChI is InChI=1S/C14H20FNO2S/c1-2-14(12-7-3-4-8-13(12)15)16-10-11-6-5-9-19(11,17)18/h3-4,7-8,11,14,16H,2,5-6,9-10H2,1H3/t11-,14+/m0/s1. The van der Waals surface area contributed by atoms with E-state index in [-0.39, 0.29) is 22.9 Å². The molecule has 0 saturated carbocycles. The first-order chi connectivity index (χ1) is 9.04. The van der Waals surface area contributed by atoms with E-state index in [0.29, 0.717) is 18.5 Å². The third kappa shape index (κ3) is 3.34. The highest BCUT2D eigenvalue weighted by Gasteiger charge is 2.31. The number of sulfone groups is 1. The summed E-state index contributed by atoms with van der Waals surface area (Å²) in [7, 11) is -2.94. The van der Waals surface area contributed by atoms with Crippen molar-refractivity contribution >= 4 is 9.84 Å². The molecule has 1 fully saturated rings. The quantitative estimate of drug-likeness (QED) is 0.904. The van der Waals surface area contributed by atoms with Crippen LogP contribution in [0.1, 0.15) is 37.8 Å². The Morgan fingerprint density at radius 1 is 1.42 bits per heavy atom. The summed E-state index contributed by atoms with van der Waals surface area (Å²) in [5.74, 6) is 0.0478. The molecule has 5 heteroatoms. The predicted molar refractivity (Wildman–Crippen MR) is 74.2 cm³/mol. The van der Waals surface area contributed by atoms with Gasteiger partial charge in [-0.1, -0.05) is 25.1 Å². The topological polar surface area (TPSA) is 46.2 Å². The number of halogens is 1. The van der Waals surface area contributed by atoms with Crippen LogP contribution >= 0.6 is 0 Å². The molecule has 0 bridgehead atoms. The van der Waals surface area contributed by atoms with Crippen LogP contribution in [0, 0.1) is 5.82 Å². The van der Waals surface area contributed by atoms with Gasteiger partial charge >= 0.3 is 0 Å². The average molecular weight is 285 g/mol. The zero-order valence-corrected chi connectivity index (χ0v) is 11.9. The molecule has 0 amide bonds. The van der Waals surface area contributed by atoms with Crippen molar-refractivity contribution in [2.45, 2.75) is 37.5 Å². The fraction of sp³-hybridized carbons (Fsp3) is 0.571. The zero-order valence-electron chi connectivity index (χ0n) is 11.1. The van der Waals surface area contributed by atoms with Crippen molar-refractivity contribution in [1.82, 2.24) is 5.32 Å². The minimum absolute atomic E-state index is 0.128. The highest BCUT2D eigenvalue weighted by Crippen LogP contribution is 2.23. The number of hydrogen-bond acceptors (Lipinski definition) is 3. The summed E-state index contributed by atoms with van der Waals surface area (Å²) in [6.07, 6.45) is 2.18. The van der Waals surface area contributed by atoms with Crippen molar-refractivity contribution in [3.8, 4) is 0 Å². The second kappa shape index (κ2) is 6.01. The lowest BCUT2D eigenvalue weighted by Crippen LogP contribution is -2.33. The number of nitrogens with one attached hydrogen (secondary N) is 1. The van der Waals surface area contributed by atoms with E-state index < -0.39 is 9.84 Å². The summed E-state index contributed by atoms with van der Waals surface area (Å²) < 4.78 is 37.2. The van der Waals surface area contributed by atoms with Crippen LogP contribution < -0.4 is 5.32 Å². The van der Waals surface area contributed by atoms with Crippen LogP contribution in [0.5, 0.6) is 0 Å². The van der Waals surface area contributed by atoms with Crippen LogP contribution in [-0.4, -0.2) is 26.0 Å². The number of hydrogen-bond donors (Lipinski definition) is 1. The lowest BCUT2D eigenvalue weighted by molar-refractivity contribution is 0.479. The van der Waals surface area contributed by atoms with Gasteiger partial charge < -0.3 is 5.32 Å². The average Bonchev–Trinajstić information content (AvgIpc) is 2.71. The molecular formula is C14H20FNO2S. The fourth-order valence-electron chi connectivity index (χ4n) is 2.59. The molecule has 0 radical (unpaired) electrons. The van der Waals surface area contributed by atoms with Gasteiger partial charge in [-0.25, -0.2) is 12.8 Å². The first kappa shape index (κ1) is 14.5. The molecule has 1 N–H and O–H groups in total. The van der Waals surface area contributed by atoms with Gasteiger partial charge in [0.2, 0.25) is 0 Å². The summed E-state index contributed by atoms with van der Waals surface area (Å²) in [5.41, 5.74) is 0.611. The highest BCUT2D eigenvalue weighted by molar-refractivity contribution is 7.92. The molecule has 3 nitrogen and oxygen atoms in total. The van der Waals surface area contributed by atoms with E-state index in [1.54, 1.807) is 18.2 Å². The van der Waals surface area contributed by atoms with Gasteiger partial charge in [0.05, 0.1) is 11.0 Å². The molecule has 1 aromatic carbocycles. The Hall–Kier alpha value is -0.940. The zero-order chi connectivity index (χ0) is 13.9. The minimum Gasteiger partial charge on any atom is -0.309 e. The molecule has 1 aromatic rings. The second-order valence-corrected chi connectivity index (χ2v) is 7.42. The van der Waals surface area contributed by atoms with E-state index in [1.807, 2.05) is 6.92 Å². The summed E-state index contributed by atoms with van der Waals surface area (Å²) >= 11 is 0. The maximum atomic E-state index is 13.7. The van der Waals surface area contributed by atoms with Crippen molar-refractivity contribution in [3.05, 3.63) is 35.6 Å². The van der Waals surface area contributed by atoms with Crippen LogP contribution in [0.25, 0.3) is 0 Å². The van der Waals surface area contributed by atoms with Gasteiger partial charge in [0.25, 0.3) is 0 Å². The van der Waals surface area contributed by atoms with Crippen LogP contribution in [-0.2, 0) is 9.84 Å². The lowest BCUT2D eigenvalue weighted by Gasteiger charge is -2.20. The predicted octanol–water partition coefficient (Wildman–Crippen LogP) is 2.44. The van der Waals surface area contributed by atoms with Gasteiger partial charge in [-0.05, 0) is 25.3 Å². The van der Waals surface area contributed by atoms with E-state index >= 15 is 0 Å². The number of benzene rings is 1. The molecular weight excluding hydrogens is 265 g/mol. The lowest BCUT2D eigenvalue weighted by atomic mass is 10.0. The first-order valence-electron chi connectivity index (χ1n) is 6.74. The van der Waals surface area contributed by atoms with Crippen molar-refractivity contribution in [2.24, 2.45) is 0 Å². The van der Waals surface area contributed by atoms with Gasteiger partial charge in [0, 0.05) is 18.2 Å². The second-order valence-electron chi connectivity index (χ2n) is 5.02. The van der Waals surface area contributed by atoms with Crippen LogP contribution in [0.15, 0.2) is 24.3 Å². The monoisotopic (exact) mass is 285 g/mol. The van der Waals surface area contributed by atoms with Crippen LogP contribution in [0.3, 0.4) is 0 Å². The molecule has 2 rings (SSSR count). The Balaban J connectivity index is 2.03. The maximum absolute atomic E-state index is 13.7. The Bertz CT molecular complexity index is 530. The molecule has 1 aliphatic heterocycles. The van der Waals surface area contributed by atoms with Crippen LogP contribution in [0.4, 0.5) is 4.39 Å². The van der Waals surface area contributed by atoms with Gasteiger partial charge in [0.1, 0.15) is 5.82 Å². The van der Waals surface area contributed by atoms with E-state index in [4.69, 9.17) is 0 Å². The maximum Gasteiger partial charge on any atom is 0.154 e. The summed E-state index contributed by atoms with van der Waals surface area (Å²) in [5, 5.41) is 2.89. The van der Waals surface area contributed by atoms with Gasteiger partial charge in [-0.3, -0.25) is 0 Å². The molecule has 0 spiro atoms. The Morgan fingerprint density at radius 3 is 2.74 bits per heavy atom. The molecule has 2 atom stereocenters. The molecule has 1 heterocycles. The molecule has 106 valence electrons. The highest BCUT2D eigenvalue weighted by atomic mass is 32.2. The van der Waals surface area contributed by atoms with E-state index in [2.05, 4.69) is 5.32 Å². The van der Waals surface area contributed by atoms with E-state index in [1.165, 1.54) is 6.07 Å². The van der Waals surface area contributed by atoms with Gasteiger partial charge in [-0.15, -0.1) is 0 Å². The Morgan fingerprint density at radius 2 is 2.16 bits per heavy atom. The third-order valence-corrected chi connectivity index (χ3v) is 6.02. The van der Waals surface area contributed by atoms with Crippen LogP contribution in [0.2, 0.25) is 0 Å². The van der Waals surface area contributed by atoms with Crippen molar-refractivity contribution in [3.63, 3.8) is 0 Å². The summed E-state index contributed by atoms with van der Waals surface area (Å²) in [6.45, 7) is 2.38. The van der Waals surface area contributed by atoms with Crippen molar-refractivity contribution < 1.29 is 12.8 Å². The third-order valence-electron chi connectivity index (χ3n) is 3.74. The first-order valence-corrected chi connectivity index (χ1v) is 8.45. The molecule has 0 aromatic heterocycles. The summed E-state index contributed by atoms with van der Waals surface area (Å²) in [6, 6.07) is 6.52. The van der Waals surface area contributed by atoms with Crippen molar-refractivity contribution in [1.29, 1.82) is 0 Å². The Labute approximate surface area is 114 Å². The Kier molecular flexibility index (Phi) is 4.58. The minimum atomic E-state index is -2.94. The number of rotatable bonds is 5. The molecule has 1 saturated heterocycles.